The fourth-order valence-electron chi connectivity index (χ4n) is 2.38. The number of hydrogen-bond acceptors (Lipinski definition) is 2. The molecule has 0 aliphatic carbocycles. The summed E-state index contributed by atoms with van der Waals surface area (Å²) < 4.78 is 1.80. The number of rotatable bonds is 2. The van der Waals surface area contributed by atoms with Gasteiger partial charge in [-0.2, -0.15) is 0 Å². The zero-order chi connectivity index (χ0) is 15.0. The minimum Gasteiger partial charge on any atom is -0.320 e. The van der Waals surface area contributed by atoms with Crippen LogP contribution in [0.2, 0.25) is 5.02 Å². The van der Waals surface area contributed by atoms with Crippen molar-refractivity contribution in [3.8, 4) is 0 Å². The first-order chi connectivity index (χ1) is 10.1. The van der Waals surface area contributed by atoms with Crippen molar-refractivity contribution < 1.29 is 4.79 Å². The topological polar surface area (TPSA) is 46.4 Å². The number of hydrogen-bond donors (Lipinski definition) is 1. The Bertz CT molecular complexity index is 815. The molecule has 4 nitrogen and oxygen atoms in total. The summed E-state index contributed by atoms with van der Waals surface area (Å²) in [5.74, 6) is -0.222. The molecule has 1 N–H and O–H groups in total. The first kappa shape index (κ1) is 13.6. The molecule has 0 fully saturated rings. The van der Waals surface area contributed by atoms with Crippen LogP contribution in [0.4, 0.5) is 5.69 Å². The van der Waals surface area contributed by atoms with Crippen molar-refractivity contribution in [2.24, 2.45) is 0 Å². The van der Waals surface area contributed by atoms with E-state index in [1.165, 1.54) is 0 Å². The molecule has 2 aromatic heterocycles. The van der Waals surface area contributed by atoms with E-state index in [4.69, 9.17) is 11.6 Å². The fraction of sp³-hybridized carbons (Fsp3) is 0.125. The van der Waals surface area contributed by atoms with Gasteiger partial charge < -0.3 is 9.72 Å². The molecule has 3 rings (SSSR count). The van der Waals surface area contributed by atoms with Crippen molar-refractivity contribution >= 4 is 28.8 Å². The Morgan fingerprint density at radius 1 is 1.29 bits per heavy atom. The Morgan fingerprint density at radius 3 is 2.86 bits per heavy atom. The molecule has 0 aliphatic rings. The molecule has 0 spiro atoms. The second-order valence-corrected chi connectivity index (χ2v) is 5.38. The van der Waals surface area contributed by atoms with Gasteiger partial charge in [0.15, 0.2) is 0 Å². The highest BCUT2D eigenvalue weighted by Gasteiger charge is 2.14. The van der Waals surface area contributed by atoms with Crippen molar-refractivity contribution in [2.75, 3.05) is 5.32 Å². The minimum absolute atomic E-state index is 0.222. The van der Waals surface area contributed by atoms with Crippen LogP contribution in [0.1, 0.15) is 21.5 Å². The quantitative estimate of drug-likeness (QED) is 0.781. The lowest BCUT2D eigenvalue weighted by Gasteiger charge is -2.12. The van der Waals surface area contributed by atoms with Crippen molar-refractivity contribution in [1.29, 1.82) is 0 Å². The van der Waals surface area contributed by atoms with E-state index >= 15 is 0 Å². The summed E-state index contributed by atoms with van der Waals surface area (Å²) in [6.45, 7) is 3.89. The summed E-state index contributed by atoms with van der Waals surface area (Å²) in [5, 5.41) is 3.42. The van der Waals surface area contributed by atoms with Gasteiger partial charge in [0.2, 0.25) is 0 Å². The summed E-state index contributed by atoms with van der Waals surface area (Å²) in [6.07, 6.45) is 5.32. The maximum atomic E-state index is 12.5. The number of aromatic nitrogens is 2. The van der Waals surface area contributed by atoms with Crippen LogP contribution in [-0.2, 0) is 0 Å². The number of nitrogens with one attached hydrogen (secondary N) is 1. The molecule has 0 saturated carbocycles. The van der Waals surface area contributed by atoms with E-state index in [1.54, 1.807) is 22.9 Å². The predicted molar refractivity (Wildman–Crippen MR) is 84.1 cm³/mol. The molecule has 0 aliphatic heterocycles. The predicted octanol–water partition coefficient (Wildman–Crippen LogP) is 3.86. The van der Waals surface area contributed by atoms with Gasteiger partial charge in [-0.15, -0.1) is 0 Å². The van der Waals surface area contributed by atoms with E-state index < -0.39 is 0 Å². The summed E-state index contributed by atoms with van der Waals surface area (Å²) in [5.41, 5.74) is 3.77. The minimum atomic E-state index is -0.222. The van der Waals surface area contributed by atoms with Gasteiger partial charge in [0.1, 0.15) is 5.65 Å². The molecule has 0 saturated heterocycles. The number of halogens is 1. The summed E-state index contributed by atoms with van der Waals surface area (Å²) >= 11 is 6.23. The van der Waals surface area contributed by atoms with Crippen LogP contribution in [0, 0.1) is 13.8 Å². The van der Waals surface area contributed by atoms with Gasteiger partial charge >= 0.3 is 0 Å². The number of aryl methyl sites for hydroxylation is 2. The molecule has 2 heterocycles. The van der Waals surface area contributed by atoms with E-state index in [1.807, 2.05) is 38.2 Å². The van der Waals surface area contributed by atoms with Crippen molar-refractivity contribution in [1.82, 2.24) is 9.38 Å². The molecule has 21 heavy (non-hydrogen) atoms. The van der Waals surface area contributed by atoms with E-state index in [-0.39, 0.29) is 5.91 Å². The van der Waals surface area contributed by atoms with E-state index in [9.17, 15) is 4.79 Å². The number of amides is 1. The number of fused-ring (bicyclic) bond motifs is 1. The Kier molecular flexibility index (Phi) is 3.39. The average Bonchev–Trinajstić information content (AvgIpc) is 2.90. The van der Waals surface area contributed by atoms with Crippen molar-refractivity contribution in [2.45, 2.75) is 13.8 Å². The van der Waals surface area contributed by atoms with E-state index in [2.05, 4.69) is 10.3 Å². The Labute approximate surface area is 127 Å². The van der Waals surface area contributed by atoms with E-state index in [0.29, 0.717) is 21.9 Å². The number of carbonyl (C=O) groups excluding carboxylic acids is 1. The molecule has 0 bridgehead atoms. The number of benzene rings is 1. The van der Waals surface area contributed by atoms with Crippen LogP contribution in [0.5, 0.6) is 0 Å². The Hall–Kier alpha value is -2.33. The highest BCUT2D eigenvalue weighted by molar-refractivity contribution is 6.34. The monoisotopic (exact) mass is 299 g/mol. The van der Waals surface area contributed by atoms with Crippen LogP contribution in [0.15, 0.2) is 42.9 Å². The van der Waals surface area contributed by atoms with Crippen molar-refractivity contribution in [3.05, 3.63) is 64.6 Å². The third kappa shape index (κ3) is 2.50. The molecule has 3 aromatic rings. The lowest BCUT2D eigenvalue weighted by Crippen LogP contribution is -2.14. The van der Waals surface area contributed by atoms with Crippen molar-refractivity contribution in [3.63, 3.8) is 0 Å². The van der Waals surface area contributed by atoms with Crippen LogP contribution in [-0.4, -0.2) is 15.3 Å². The highest BCUT2D eigenvalue weighted by atomic mass is 35.5. The van der Waals surface area contributed by atoms with Crippen LogP contribution in [0.25, 0.3) is 5.65 Å². The number of imidazole rings is 1. The second kappa shape index (κ2) is 5.22. The molecule has 1 aromatic carbocycles. The normalized spacial score (nSPS) is 10.8. The molecular formula is C16H14ClN3O. The zero-order valence-corrected chi connectivity index (χ0v) is 12.5. The third-order valence-corrected chi connectivity index (χ3v) is 3.63. The summed E-state index contributed by atoms with van der Waals surface area (Å²) in [4.78, 5) is 16.7. The number of anilines is 1. The Balaban J connectivity index is 1.99. The lowest BCUT2D eigenvalue weighted by atomic mass is 10.1. The molecule has 0 atom stereocenters. The standard InChI is InChI=1S/C16H14ClN3O/c1-10-8-11(2)14(13(17)9-10)19-16(21)12-4-3-6-20-7-5-18-15(12)20/h3-9H,1-2H3,(H,19,21). The van der Waals surface area contributed by atoms with Crippen LogP contribution < -0.4 is 5.32 Å². The molecule has 1 amide bonds. The number of nitrogens with zero attached hydrogens (tertiary/aromatic N) is 2. The van der Waals surface area contributed by atoms with Gasteiger partial charge in [-0.25, -0.2) is 4.98 Å². The number of pyridine rings is 1. The fourth-order valence-corrected chi connectivity index (χ4v) is 2.75. The van der Waals surface area contributed by atoms with E-state index in [0.717, 1.165) is 11.1 Å². The van der Waals surface area contributed by atoms with Crippen LogP contribution in [0.3, 0.4) is 0 Å². The van der Waals surface area contributed by atoms with Gasteiger partial charge in [-0.05, 0) is 43.2 Å². The zero-order valence-electron chi connectivity index (χ0n) is 11.7. The smallest absolute Gasteiger partial charge is 0.259 e. The van der Waals surface area contributed by atoms with Crippen LogP contribution >= 0.6 is 11.6 Å². The first-order valence-electron chi connectivity index (χ1n) is 6.56. The molecule has 0 unspecified atom stereocenters. The number of carbonyl (C=O) groups is 1. The van der Waals surface area contributed by atoms with Gasteiger partial charge in [-0.3, -0.25) is 4.79 Å². The maximum Gasteiger partial charge on any atom is 0.259 e. The third-order valence-electron chi connectivity index (χ3n) is 3.33. The summed E-state index contributed by atoms with van der Waals surface area (Å²) in [7, 11) is 0. The second-order valence-electron chi connectivity index (χ2n) is 4.97. The lowest BCUT2D eigenvalue weighted by molar-refractivity contribution is 0.102. The highest BCUT2D eigenvalue weighted by Crippen LogP contribution is 2.28. The molecule has 5 heteroatoms. The molecular weight excluding hydrogens is 286 g/mol. The van der Waals surface area contributed by atoms with Gasteiger partial charge in [0.25, 0.3) is 5.91 Å². The summed E-state index contributed by atoms with van der Waals surface area (Å²) in [6, 6.07) is 7.38. The first-order valence-corrected chi connectivity index (χ1v) is 6.94. The van der Waals surface area contributed by atoms with Gasteiger partial charge in [0, 0.05) is 18.6 Å². The average molecular weight is 300 g/mol. The Morgan fingerprint density at radius 2 is 2.10 bits per heavy atom. The molecule has 0 radical (unpaired) electrons. The maximum absolute atomic E-state index is 12.5. The van der Waals surface area contributed by atoms with Gasteiger partial charge in [0.05, 0.1) is 16.3 Å². The molecule has 106 valence electrons. The largest absolute Gasteiger partial charge is 0.320 e. The van der Waals surface area contributed by atoms with Gasteiger partial charge in [-0.1, -0.05) is 17.7 Å². The SMILES string of the molecule is Cc1cc(C)c(NC(=O)c2cccn3ccnc23)c(Cl)c1.